The van der Waals surface area contributed by atoms with E-state index < -0.39 is 0 Å². The summed E-state index contributed by atoms with van der Waals surface area (Å²) in [7, 11) is 0. The van der Waals surface area contributed by atoms with Gasteiger partial charge in [0.1, 0.15) is 0 Å². The lowest BCUT2D eigenvalue weighted by molar-refractivity contribution is -0.122. The van der Waals surface area contributed by atoms with E-state index in [1.165, 1.54) is 24.0 Å². The van der Waals surface area contributed by atoms with E-state index in [2.05, 4.69) is 43.4 Å². The molecule has 0 radical (unpaired) electrons. The number of carbonyl (C=O) groups is 1. The van der Waals surface area contributed by atoms with Gasteiger partial charge in [-0.05, 0) is 49.1 Å². The molecular weight excluding hydrogens is 260 g/mol. The molecule has 2 rings (SSSR count). The van der Waals surface area contributed by atoms with Crippen molar-refractivity contribution in [1.82, 2.24) is 5.32 Å². The van der Waals surface area contributed by atoms with Gasteiger partial charge in [0.2, 0.25) is 5.91 Å². The summed E-state index contributed by atoms with van der Waals surface area (Å²) in [5, 5.41) is 3.17. The first-order chi connectivity index (χ1) is 9.95. The van der Waals surface area contributed by atoms with Crippen LogP contribution in [0, 0.1) is 11.8 Å². The molecule has 0 spiro atoms. The second kappa shape index (κ2) is 7.08. The Bertz CT molecular complexity index is 461. The van der Waals surface area contributed by atoms with E-state index in [1.54, 1.807) is 0 Å². The number of hydrogen-bond donors (Lipinski definition) is 2. The van der Waals surface area contributed by atoms with Gasteiger partial charge in [-0.15, -0.1) is 0 Å². The topological polar surface area (TPSA) is 55.1 Å². The molecule has 0 saturated heterocycles. The van der Waals surface area contributed by atoms with E-state index in [0.717, 1.165) is 6.42 Å². The van der Waals surface area contributed by atoms with E-state index in [4.69, 9.17) is 5.73 Å². The molecule has 116 valence electrons. The van der Waals surface area contributed by atoms with Crippen LogP contribution in [0.1, 0.15) is 57.2 Å². The van der Waals surface area contributed by atoms with Gasteiger partial charge in [0.05, 0.1) is 6.04 Å². The van der Waals surface area contributed by atoms with Crippen LogP contribution in [-0.2, 0) is 11.2 Å². The first-order valence-electron chi connectivity index (χ1n) is 8.09. The summed E-state index contributed by atoms with van der Waals surface area (Å²) in [6.45, 7) is 6.33. The quantitative estimate of drug-likeness (QED) is 0.809. The number of amides is 1. The highest BCUT2D eigenvalue weighted by Gasteiger charge is 2.33. The third-order valence-electron chi connectivity index (χ3n) is 3.90. The van der Waals surface area contributed by atoms with Crippen molar-refractivity contribution in [3.63, 3.8) is 0 Å². The van der Waals surface area contributed by atoms with Gasteiger partial charge in [-0.1, -0.05) is 38.1 Å². The average molecular weight is 288 g/mol. The fraction of sp³-hybridized carbons (Fsp3) is 0.611. The summed E-state index contributed by atoms with van der Waals surface area (Å²) >= 11 is 0. The molecule has 2 unspecified atom stereocenters. The van der Waals surface area contributed by atoms with Crippen molar-refractivity contribution < 1.29 is 4.79 Å². The van der Waals surface area contributed by atoms with Crippen molar-refractivity contribution in [2.45, 2.75) is 58.5 Å². The van der Waals surface area contributed by atoms with Crippen LogP contribution in [0.4, 0.5) is 0 Å². The molecule has 1 saturated carbocycles. The highest BCUT2D eigenvalue weighted by molar-refractivity contribution is 5.77. The van der Waals surface area contributed by atoms with Crippen molar-refractivity contribution in [3.05, 3.63) is 35.4 Å². The highest BCUT2D eigenvalue weighted by atomic mass is 16.1. The first kappa shape index (κ1) is 16.0. The molecule has 1 aromatic rings. The number of hydrogen-bond acceptors (Lipinski definition) is 2. The summed E-state index contributed by atoms with van der Waals surface area (Å²) < 4.78 is 0. The lowest BCUT2D eigenvalue weighted by Crippen LogP contribution is -2.33. The van der Waals surface area contributed by atoms with Gasteiger partial charge in [-0.25, -0.2) is 0 Å². The van der Waals surface area contributed by atoms with E-state index >= 15 is 0 Å². The minimum absolute atomic E-state index is 0.0631. The highest BCUT2D eigenvalue weighted by Crippen LogP contribution is 2.41. The third kappa shape index (κ3) is 5.16. The maximum Gasteiger partial charge on any atom is 0.222 e. The van der Waals surface area contributed by atoms with Gasteiger partial charge in [0.25, 0.3) is 0 Å². The monoisotopic (exact) mass is 288 g/mol. The predicted octanol–water partition coefficient (Wildman–Crippen LogP) is 3.19. The van der Waals surface area contributed by atoms with Crippen LogP contribution in [0.2, 0.25) is 0 Å². The van der Waals surface area contributed by atoms with Crippen molar-refractivity contribution >= 4 is 5.91 Å². The van der Waals surface area contributed by atoms with Crippen LogP contribution in [0.25, 0.3) is 0 Å². The Labute approximate surface area is 128 Å². The van der Waals surface area contributed by atoms with Gasteiger partial charge in [0, 0.05) is 12.5 Å². The second-order valence-corrected chi connectivity index (χ2v) is 6.90. The Morgan fingerprint density at radius 3 is 2.33 bits per heavy atom. The van der Waals surface area contributed by atoms with E-state index in [1.807, 2.05) is 6.92 Å². The SMILES string of the molecule is CC(C)Cc1ccc(C(NC(=O)CC(C)N)C2CC2)cc1. The maximum absolute atomic E-state index is 12.0. The molecule has 21 heavy (non-hydrogen) atoms. The predicted molar refractivity (Wildman–Crippen MR) is 86.9 cm³/mol. The van der Waals surface area contributed by atoms with Gasteiger partial charge in [-0.2, -0.15) is 0 Å². The molecule has 2 atom stereocenters. The molecule has 1 aliphatic carbocycles. The fourth-order valence-corrected chi connectivity index (χ4v) is 2.76. The summed E-state index contributed by atoms with van der Waals surface area (Å²) in [6, 6.07) is 8.81. The van der Waals surface area contributed by atoms with Gasteiger partial charge < -0.3 is 11.1 Å². The van der Waals surface area contributed by atoms with Crippen LogP contribution in [0.15, 0.2) is 24.3 Å². The smallest absolute Gasteiger partial charge is 0.222 e. The van der Waals surface area contributed by atoms with Gasteiger partial charge in [0.15, 0.2) is 0 Å². The number of benzene rings is 1. The second-order valence-electron chi connectivity index (χ2n) is 6.90. The van der Waals surface area contributed by atoms with E-state index in [-0.39, 0.29) is 18.0 Å². The molecule has 3 heteroatoms. The molecular formula is C18H28N2O. The lowest BCUT2D eigenvalue weighted by atomic mass is 9.97. The van der Waals surface area contributed by atoms with Crippen molar-refractivity contribution in [2.75, 3.05) is 0 Å². The molecule has 0 bridgehead atoms. The number of rotatable bonds is 7. The minimum atomic E-state index is -0.0849. The summed E-state index contributed by atoms with van der Waals surface area (Å²) in [5.41, 5.74) is 8.30. The molecule has 3 N–H and O–H groups in total. The van der Waals surface area contributed by atoms with E-state index in [9.17, 15) is 4.79 Å². The third-order valence-corrected chi connectivity index (χ3v) is 3.90. The van der Waals surface area contributed by atoms with Crippen LogP contribution in [0.3, 0.4) is 0 Å². The molecule has 1 aromatic carbocycles. The molecule has 3 nitrogen and oxygen atoms in total. The molecule has 0 aromatic heterocycles. The fourth-order valence-electron chi connectivity index (χ4n) is 2.76. The first-order valence-corrected chi connectivity index (χ1v) is 8.09. The lowest BCUT2D eigenvalue weighted by Gasteiger charge is -2.20. The zero-order chi connectivity index (χ0) is 15.4. The summed E-state index contributed by atoms with van der Waals surface area (Å²) in [5.74, 6) is 1.33. The Kier molecular flexibility index (Phi) is 5.40. The zero-order valence-corrected chi connectivity index (χ0v) is 13.4. The average Bonchev–Trinajstić information content (AvgIpc) is 3.19. The number of carbonyl (C=O) groups excluding carboxylic acids is 1. The minimum Gasteiger partial charge on any atom is -0.349 e. The van der Waals surface area contributed by atoms with Crippen molar-refractivity contribution in [1.29, 1.82) is 0 Å². The normalized spacial score (nSPS) is 17.6. The summed E-state index contributed by atoms with van der Waals surface area (Å²) in [6.07, 6.45) is 3.91. The van der Waals surface area contributed by atoms with Crippen LogP contribution >= 0.6 is 0 Å². The van der Waals surface area contributed by atoms with Gasteiger partial charge >= 0.3 is 0 Å². The van der Waals surface area contributed by atoms with E-state index in [0.29, 0.717) is 18.3 Å². The number of nitrogens with two attached hydrogens (primary N) is 1. The van der Waals surface area contributed by atoms with Gasteiger partial charge in [-0.3, -0.25) is 4.79 Å². The van der Waals surface area contributed by atoms with Crippen molar-refractivity contribution in [3.8, 4) is 0 Å². The molecule has 1 fully saturated rings. The zero-order valence-electron chi connectivity index (χ0n) is 13.4. The molecule has 0 aliphatic heterocycles. The molecule has 1 amide bonds. The largest absolute Gasteiger partial charge is 0.349 e. The Morgan fingerprint density at radius 1 is 1.24 bits per heavy atom. The van der Waals surface area contributed by atoms with Crippen LogP contribution in [-0.4, -0.2) is 11.9 Å². The Morgan fingerprint density at radius 2 is 1.86 bits per heavy atom. The standard InChI is InChI=1S/C18H28N2O/c1-12(2)10-14-4-6-15(7-5-14)18(16-8-9-16)20-17(21)11-13(3)19/h4-7,12-13,16,18H,8-11,19H2,1-3H3,(H,20,21). The Balaban J connectivity index is 2.02. The van der Waals surface area contributed by atoms with Crippen LogP contribution < -0.4 is 11.1 Å². The molecule has 0 heterocycles. The summed E-state index contributed by atoms with van der Waals surface area (Å²) in [4.78, 5) is 12.0. The Hall–Kier alpha value is -1.35. The number of nitrogens with one attached hydrogen (secondary N) is 1. The maximum atomic E-state index is 12.0. The van der Waals surface area contributed by atoms with Crippen molar-refractivity contribution in [2.24, 2.45) is 17.6 Å². The van der Waals surface area contributed by atoms with Crippen LogP contribution in [0.5, 0.6) is 0 Å². The molecule has 1 aliphatic rings.